The standard InChI is InChI=1S/C28H35NO3/c1-3-5-13-21(4-2)20-29-24-17-10-9-16-23(24)27(30)28(32-25-18-11-12-19-31-25)26(29)22-14-7-6-8-15-22/h6-10,14-17,21,25H,3-5,11-13,18-20H2,1-2H3. The number of unbranched alkanes of at least 4 members (excludes halogenated alkanes) is 1. The van der Waals surface area contributed by atoms with Crippen molar-refractivity contribution in [2.75, 3.05) is 6.61 Å². The second-order valence-electron chi connectivity index (χ2n) is 8.83. The largest absolute Gasteiger partial charge is 0.459 e. The highest BCUT2D eigenvalue weighted by Crippen LogP contribution is 2.34. The third kappa shape index (κ3) is 4.91. The molecule has 2 unspecified atom stereocenters. The maximum absolute atomic E-state index is 13.7. The van der Waals surface area contributed by atoms with Gasteiger partial charge in [-0.15, -0.1) is 0 Å². The number of benzene rings is 2. The van der Waals surface area contributed by atoms with Gasteiger partial charge >= 0.3 is 0 Å². The summed E-state index contributed by atoms with van der Waals surface area (Å²) >= 11 is 0. The molecular formula is C28H35NO3. The van der Waals surface area contributed by atoms with Gasteiger partial charge in [-0.25, -0.2) is 0 Å². The highest BCUT2D eigenvalue weighted by Gasteiger charge is 2.25. The summed E-state index contributed by atoms with van der Waals surface area (Å²) in [4.78, 5) is 13.7. The van der Waals surface area contributed by atoms with Gasteiger partial charge in [-0.3, -0.25) is 4.79 Å². The third-order valence-electron chi connectivity index (χ3n) is 6.55. The van der Waals surface area contributed by atoms with Gasteiger partial charge in [0.15, 0.2) is 12.0 Å². The molecule has 1 saturated heterocycles. The van der Waals surface area contributed by atoms with Gasteiger partial charge in [-0.2, -0.15) is 0 Å². The molecule has 4 nitrogen and oxygen atoms in total. The lowest BCUT2D eigenvalue weighted by Gasteiger charge is -2.28. The van der Waals surface area contributed by atoms with Crippen LogP contribution < -0.4 is 10.2 Å². The third-order valence-corrected chi connectivity index (χ3v) is 6.55. The molecule has 0 N–H and O–H groups in total. The Morgan fingerprint density at radius 3 is 2.56 bits per heavy atom. The van der Waals surface area contributed by atoms with E-state index in [1.165, 1.54) is 19.3 Å². The van der Waals surface area contributed by atoms with Crippen molar-refractivity contribution < 1.29 is 9.47 Å². The van der Waals surface area contributed by atoms with Crippen molar-refractivity contribution in [2.45, 2.75) is 71.6 Å². The number of hydrogen-bond donors (Lipinski definition) is 0. The zero-order chi connectivity index (χ0) is 22.3. The zero-order valence-electron chi connectivity index (χ0n) is 19.4. The van der Waals surface area contributed by atoms with Gasteiger partial charge in [-0.05, 0) is 37.3 Å². The molecule has 0 radical (unpaired) electrons. The topological polar surface area (TPSA) is 40.5 Å². The van der Waals surface area contributed by atoms with Crippen LogP contribution in [0, 0.1) is 5.92 Å². The lowest BCUT2D eigenvalue weighted by atomic mass is 9.97. The first-order chi connectivity index (χ1) is 15.7. The van der Waals surface area contributed by atoms with Crippen LogP contribution in [-0.2, 0) is 11.3 Å². The molecule has 0 spiro atoms. The molecular weight excluding hydrogens is 398 g/mol. The number of rotatable bonds is 9. The van der Waals surface area contributed by atoms with Crippen LogP contribution in [0.2, 0.25) is 0 Å². The van der Waals surface area contributed by atoms with E-state index in [0.29, 0.717) is 23.7 Å². The molecule has 32 heavy (non-hydrogen) atoms. The fourth-order valence-electron chi connectivity index (χ4n) is 4.67. The molecule has 2 heterocycles. The van der Waals surface area contributed by atoms with Crippen LogP contribution in [0.1, 0.15) is 58.8 Å². The minimum Gasteiger partial charge on any atom is -0.459 e. The Kier molecular flexibility index (Phi) is 7.64. The lowest BCUT2D eigenvalue weighted by molar-refractivity contribution is -0.106. The van der Waals surface area contributed by atoms with Gasteiger partial charge in [0.2, 0.25) is 5.43 Å². The first-order valence-corrected chi connectivity index (χ1v) is 12.2. The Labute approximate surface area is 191 Å². The number of ether oxygens (including phenoxy) is 2. The molecule has 4 rings (SSSR count). The molecule has 1 aliphatic rings. The minimum absolute atomic E-state index is 0.0496. The maximum Gasteiger partial charge on any atom is 0.231 e. The minimum atomic E-state index is -0.365. The molecule has 1 fully saturated rings. The van der Waals surface area contributed by atoms with Crippen molar-refractivity contribution in [1.82, 2.24) is 4.57 Å². The molecule has 0 amide bonds. The zero-order valence-corrected chi connectivity index (χ0v) is 19.4. The number of fused-ring (bicyclic) bond motifs is 1. The highest BCUT2D eigenvalue weighted by atomic mass is 16.7. The van der Waals surface area contributed by atoms with Crippen LogP contribution in [0.4, 0.5) is 0 Å². The van der Waals surface area contributed by atoms with Gasteiger partial charge in [-0.1, -0.05) is 75.6 Å². The molecule has 1 aromatic heterocycles. The SMILES string of the molecule is CCCCC(CC)Cn1c(-c2ccccc2)c(OC2CCCCO2)c(=O)c2ccccc21. The average molecular weight is 434 g/mol. The maximum atomic E-state index is 13.7. The van der Waals surface area contributed by atoms with Crippen LogP contribution in [0.25, 0.3) is 22.2 Å². The first-order valence-electron chi connectivity index (χ1n) is 12.2. The predicted molar refractivity (Wildman–Crippen MR) is 131 cm³/mol. The summed E-state index contributed by atoms with van der Waals surface area (Å²) < 4.78 is 14.6. The van der Waals surface area contributed by atoms with E-state index in [-0.39, 0.29) is 11.7 Å². The predicted octanol–water partition coefficient (Wildman–Crippen LogP) is 6.79. The van der Waals surface area contributed by atoms with Crippen molar-refractivity contribution >= 4 is 10.9 Å². The fraction of sp³-hybridized carbons (Fsp3) is 0.464. The van der Waals surface area contributed by atoms with Crippen LogP contribution in [0.5, 0.6) is 5.75 Å². The van der Waals surface area contributed by atoms with Crippen LogP contribution in [0.15, 0.2) is 59.4 Å². The number of aromatic nitrogens is 1. The summed E-state index contributed by atoms with van der Waals surface area (Å²) in [5.74, 6) is 0.967. The van der Waals surface area contributed by atoms with Gasteiger partial charge in [0.05, 0.1) is 17.8 Å². The Hall–Kier alpha value is -2.59. The summed E-state index contributed by atoms with van der Waals surface area (Å²) in [6.45, 7) is 6.05. The van der Waals surface area contributed by atoms with Crippen molar-refractivity contribution in [2.24, 2.45) is 5.92 Å². The van der Waals surface area contributed by atoms with Gasteiger partial charge in [0.1, 0.15) is 0 Å². The molecule has 2 aromatic carbocycles. The van der Waals surface area contributed by atoms with E-state index in [4.69, 9.17) is 9.47 Å². The smallest absolute Gasteiger partial charge is 0.231 e. The van der Waals surface area contributed by atoms with E-state index in [1.54, 1.807) is 0 Å². The Balaban J connectivity index is 1.91. The van der Waals surface area contributed by atoms with E-state index < -0.39 is 0 Å². The van der Waals surface area contributed by atoms with E-state index in [9.17, 15) is 4.79 Å². The monoisotopic (exact) mass is 433 g/mol. The fourth-order valence-corrected chi connectivity index (χ4v) is 4.67. The molecule has 0 bridgehead atoms. The van der Waals surface area contributed by atoms with Crippen molar-refractivity contribution in [3.05, 3.63) is 64.8 Å². The summed E-state index contributed by atoms with van der Waals surface area (Å²) in [7, 11) is 0. The van der Waals surface area contributed by atoms with E-state index >= 15 is 0 Å². The highest BCUT2D eigenvalue weighted by molar-refractivity contribution is 5.86. The Morgan fingerprint density at radius 2 is 1.84 bits per heavy atom. The number of hydrogen-bond acceptors (Lipinski definition) is 3. The molecule has 170 valence electrons. The summed E-state index contributed by atoms with van der Waals surface area (Å²) in [6, 6.07) is 18.1. The number of para-hydroxylation sites is 1. The van der Waals surface area contributed by atoms with E-state index in [0.717, 1.165) is 49.0 Å². The molecule has 3 aromatic rings. The summed E-state index contributed by atoms with van der Waals surface area (Å²) in [5, 5.41) is 0.711. The summed E-state index contributed by atoms with van der Waals surface area (Å²) in [5.41, 5.74) is 2.81. The number of nitrogens with zero attached hydrogens (tertiary/aromatic N) is 1. The molecule has 4 heteroatoms. The number of pyridine rings is 1. The van der Waals surface area contributed by atoms with Crippen LogP contribution in [0.3, 0.4) is 0 Å². The first kappa shape index (κ1) is 22.6. The lowest BCUT2D eigenvalue weighted by Crippen LogP contribution is -2.29. The average Bonchev–Trinajstić information content (AvgIpc) is 2.85. The van der Waals surface area contributed by atoms with Crippen molar-refractivity contribution in [1.29, 1.82) is 0 Å². The van der Waals surface area contributed by atoms with Crippen molar-refractivity contribution in [3.63, 3.8) is 0 Å². The van der Waals surface area contributed by atoms with E-state index in [1.807, 2.05) is 36.4 Å². The molecule has 2 atom stereocenters. The normalized spacial score (nSPS) is 17.4. The Morgan fingerprint density at radius 1 is 1.06 bits per heavy atom. The van der Waals surface area contributed by atoms with Gasteiger partial charge in [0.25, 0.3) is 0 Å². The second-order valence-corrected chi connectivity index (χ2v) is 8.83. The molecule has 1 aliphatic heterocycles. The van der Waals surface area contributed by atoms with Crippen LogP contribution >= 0.6 is 0 Å². The van der Waals surface area contributed by atoms with Gasteiger partial charge < -0.3 is 14.0 Å². The van der Waals surface area contributed by atoms with Gasteiger partial charge in [0, 0.05) is 23.9 Å². The second kappa shape index (κ2) is 10.8. The van der Waals surface area contributed by atoms with Crippen LogP contribution in [-0.4, -0.2) is 17.5 Å². The Bertz CT molecular complexity index is 1070. The molecule has 0 saturated carbocycles. The summed E-state index contributed by atoms with van der Waals surface area (Å²) in [6.07, 6.45) is 7.26. The quantitative estimate of drug-likeness (QED) is 0.373. The van der Waals surface area contributed by atoms with E-state index in [2.05, 4.69) is 36.6 Å². The molecule has 0 aliphatic carbocycles. The van der Waals surface area contributed by atoms with Crippen molar-refractivity contribution in [3.8, 4) is 17.0 Å².